The van der Waals surface area contributed by atoms with E-state index in [4.69, 9.17) is 4.74 Å². The van der Waals surface area contributed by atoms with Crippen LogP contribution in [0.25, 0.3) is 0 Å². The molecule has 3 nitrogen and oxygen atoms in total. The van der Waals surface area contributed by atoms with Gasteiger partial charge in [-0.25, -0.2) is 0 Å². The van der Waals surface area contributed by atoms with E-state index in [2.05, 4.69) is 29.5 Å². The third-order valence-corrected chi connectivity index (χ3v) is 5.08. The number of carbonyl (C=O) groups excluding carboxylic acids is 1. The second-order valence-electron chi connectivity index (χ2n) is 4.43. The van der Waals surface area contributed by atoms with Gasteiger partial charge in [-0.15, -0.1) is 11.3 Å². The Hall–Kier alpha value is -0.140. The Labute approximate surface area is 119 Å². The number of hydrogen-bond donors (Lipinski definition) is 0. The van der Waals surface area contributed by atoms with Crippen LogP contribution in [-0.4, -0.2) is 37.1 Å². The molecule has 0 radical (unpaired) electrons. The van der Waals surface area contributed by atoms with Crippen LogP contribution >= 0.6 is 33.9 Å². The van der Waals surface area contributed by atoms with Gasteiger partial charge < -0.3 is 9.64 Å². The molecule has 1 amide bonds. The molecular formula is C12H16INO2S. The Morgan fingerprint density at radius 2 is 2.41 bits per heavy atom. The fourth-order valence-electron chi connectivity index (χ4n) is 2.13. The Kier molecular flexibility index (Phi) is 4.43. The van der Waals surface area contributed by atoms with Gasteiger partial charge >= 0.3 is 0 Å². The summed E-state index contributed by atoms with van der Waals surface area (Å²) in [5.74, 6) is 0.671. The highest BCUT2D eigenvalue weighted by molar-refractivity contribution is 14.1. The molecule has 0 saturated carbocycles. The van der Waals surface area contributed by atoms with Crippen molar-refractivity contribution in [1.29, 1.82) is 0 Å². The van der Waals surface area contributed by atoms with E-state index in [-0.39, 0.29) is 12.0 Å². The summed E-state index contributed by atoms with van der Waals surface area (Å²) in [4.78, 5) is 14.2. The highest BCUT2D eigenvalue weighted by Crippen LogP contribution is 2.23. The minimum absolute atomic E-state index is 0.137. The van der Waals surface area contributed by atoms with Crippen molar-refractivity contribution in [3.8, 4) is 0 Å². The van der Waals surface area contributed by atoms with Gasteiger partial charge in [-0.3, -0.25) is 4.79 Å². The molecule has 2 atom stereocenters. The fourth-order valence-corrected chi connectivity index (χ4v) is 3.45. The van der Waals surface area contributed by atoms with Gasteiger partial charge in [0.05, 0.1) is 14.6 Å². The minimum atomic E-state index is 0.137. The van der Waals surface area contributed by atoms with Crippen molar-refractivity contribution in [3.05, 3.63) is 19.9 Å². The van der Waals surface area contributed by atoms with E-state index in [0.717, 1.165) is 21.4 Å². The predicted octanol–water partition coefficient (Wildman–Crippen LogP) is 2.85. The molecule has 0 aliphatic carbocycles. The van der Waals surface area contributed by atoms with Crippen molar-refractivity contribution in [2.75, 3.05) is 20.2 Å². The largest absolute Gasteiger partial charge is 0.379 e. The Bertz CT molecular complexity index is 407. The van der Waals surface area contributed by atoms with Gasteiger partial charge in [0.15, 0.2) is 0 Å². The Balaban J connectivity index is 2.05. The summed E-state index contributed by atoms with van der Waals surface area (Å²) in [7, 11) is 1.72. The van der Waals surface area contributed by atoms with Crippen LogP contribution in [0.5, 0.6) is 0 Å². The first-order valence-corrected chi connectivity index (χ1v) is 7.63. The van der Waals surface area contributed by atoms with Crippen molar-refractivity contribution < 1.29 is 9.53 Å². The van der Waals surface area contributed by atoms with Crippen LogP contribution in [0.3, 0.4) is 0 Å². The number of thiophene rings is 1. The zero-order valence-electron chi connectivity index (χ0n) is 9.98. The number of piperidine rings is 1. The lowest BCUT2D eigenvalue weighted by molar-refractivity contribution is -0.00154. The van der Waals surface area contributed by atoms with Crippen molar-refractivity contribution >= 4 is 39.8 Å². The van der Waals surface area contributed by atoms with E-state index < -0.39 is 0 Å². The van der Waals surface area contributed by atoms with Crippen LogP contribution in [0.1, 0.15) is 23.7 Å². The first kappa shape index (κ1) is 13.3. The molecule has 0 N–H and O–H groups in total. The molecule has 1 aliphatic rings. The van der Waals surface area contributed by atoms with Crippen LogP contribution < -0.4 is 0 Å². The monoisotopic (exact) mass is 365 g/mol. The summed E-state index contributed by atoms with van der Waals surface area (Å²) in [6.07, 6.45) is 1.19. The quantitative estimate of drug-likeness (QED) is 0.755. The average molecular weight is 365 g/mol. The number of amides is 1. The maximum absolute atomic E-state index is 12.3. The van der Waals surface area contributed by atoms with Gasteiger partial charge in [0, 0.05) is 25.6 Å². The molecule has 1 aromatic heterocycles. The second-order valence-corrected chi connectivity index (χ2v) is 7.24. The molecule has 0 bridgehead atoms. The molecule has 1 fully saturated rings. The van der Waals surface area contributed by atoms with Gasteiger partial charge in [-0.2, -0.15) is 0 Å². The summed E-state index contributed by atoms with van der Waals surface area (Å²) in [5.41, 5.74) is 0.809. The molecule has 0 spiro atoms. The molecule has 1 aromatic rings. The minimum Gasteiger partial charge on any atom is -0.379 e. The molecule has 17 heavy (non-hydrogen) atoms. The van der Waals surface area contributed by atoms with Gasteiger partial charge in [-0.1, -0.05) is 6.92 Å². The first-order chi connectivity index (χ1) is 8.11. The lowest BCUT2D eigenvalue weighted by Gasteiger charge is -2.36. The zero-order chi connectivity index (χ0) is 12.4. The fraction of sp³-hybridized carbons (Fsp3) is 0.583. The third kappa shape index (κ3) is 3.00. The summed E-state index contributed by atoms with van der Waals surface area (Å²) >= 11 is 3.85. The van der Waals surface area contributed by atoms with E-state index in [0.29, 0.717) is 12.5 Å². The van der Waals surface area contributed by atoms with Gasteiger partial charge in [0.1, 0.15) is 0 Å². The molecule has 5 heteroatoms. The second kappa shape index (κ2) is 5.67. The average Bonchev–Trinajstić information content (AvgIpc) is 2.75. The molecule has 1 aliphatic heterocycles. The Morgan fingerprint density at radius 1 is 1.65 bits per heavy atom. The van der Waals surface area contributed by atoms with Crippen molar-refractivity contribution in [2.45, 2.75) is 19.4 Å². The summed E-state index contributed by atoms with van der Waals surface area (Å²) in [6, 6.07) is 1.95. The number of halogens is 1. The number of likely N-dealkylation sites (tertiary alicyclic amines) is 1. The lowest BCUT2D eigenvalue weighted by atomic mass is 9.95. The van der Waals surface area contributed by atoms with E-state index >= 15 is 0 Å². The van der Waals surface area contributed by atoms with Crippen molar-refractivity contribution in [1.82, 2.24) is 4.90 Å². The SMILES string of the molecule is COC1CN(C(=O)c2csc(I)c2)CCC1C. The number of carbonyl (C=O) groups is 1. The van der Waals surface area contributed by atoms with Crippen LogP contribution in [-0.2, 0) is 4.74 Å². The molecular weight excluding hydrogens is 349 g/mol. The van der Waals surface area contributed by atoms with Crippen LogP contribution in [0, 0.1) is 8.80 Å². The number of nitrogens with zero attached hydrogens (tertiary/aromatic N) is 1. The van der Waals surface area contributed by atoms with E-state index in [1.54, 1.807) is 18.4 Å². The topological polar surface area (TPSA) is 29.5 Å². The standard InChI is InChI=1S/C12H16INO2S/c1-8-3-4-14(6-10(8)16-2)12(15)9-5-11(13)17-7-9/h5,7-8,10H,3-4,6H2,1-2H3. The summed E-state index contributed by atoms with van der Waals surface area (Å²) in [6.45, 7) is 3.73. The van der Waals surface area contributed by atoms with Crippen molar-refractivity contribution in [2.24, 2.45) is 5.92 Å². The third-order valence-electron chi connectivity index (χ3n) is 3.29. The van der Waals surface area contributed by atoms with Crippen LogP contribution in [0.2, 0.25) is 0 Å². The number of ether oxygens (including phenoxy) is 1. The van der Waals surface area contributed by atoms with Crippen LogP contribution in [0.4, 0.5) is 0 Å². The maximum atomic E-state index is 12.3. The van der Waals surface area contributed by atoms with Gasteiger partial charge in [0.2, 0.25) is 0 Å². The Morgan fingerprint density at radius 3 is 3.00 bits per heavy atom. The first-order valence-electron chi connectivity index (χ1n) is 5.68. The number of methoxy groups -OCH3 is 1. The highest BCUT2D eigenvalue weighted by atomic mass is 127. The normalized spacial score (nSPS) is 25.0. The highest BCUT2D eigenvalue weighted by Gasteiger charge is 2.29. The summed E-state index contributed by atoms with van der Waals surface area (Å²) in [5, 5.41) is 1.93. The van der Waals surface area contributed by atoms with Crippen LogP contribution in [0.15, 0.2) is 11.4 Å². The maximum Gasteiger partial charge on any atom is 0.254 e. The molecule has 1 saturated heterocycles. The molecule has 2 heterocycles. The van der Waals surface area contributed by atoms with E-state index in [1.807, 2.05) is 16.3 Å². The zero-order valence-corrected chi connectivity index (χ0v) is 13.0. The van der Waals surface area contributed by atoms with Crippen molar-refractivity contribution in [3.63, 3.8) is 0 Å². The smallest absolute Gasteiger partial charge is 0.254 e. The molecule has 0 aromatic carbocycles. The van der Waals surface area contributed by atoms with E-state index in [9.17, 15) is 4.79 Å². The number of hydrogen-bond acceptors (Lipinski definition) is 3. The lowest BCUT2D eigenvalue weighted by Crippen LogP contribution is -2.46. The van der Waals surface area contributed by atoms with Gasteiger partial charge in [-0.05, 0) is 41.0 Å². The molecule has 2 unspecified atom stereocenters. The van der Waals surface area contributed by atoms with E-state index in [1.165, 1.54) is 0 Å². The predicted molar refractivity (Wildman–Crippen MR) is 77.5 cm³/mol. The summed E-state index contributed by atoms with van der Waals surface area (Å²) < 4.78 is 6.58. The number of rotatable bonds is 2. The molecule has 94 valence electrons. The molecule has 2 rings (SSSR count). The van der Waals surface area contributed by atoms with Gasteiger partial charge in [0.25, 0.3) is 5.91 Å².